The van der Waals surface area contributed by atoms with Crippen molar-refractivity contribution in [3.63, 3.8) is 0 Å². The molecular weight excluding hydrogens is 242 g/mol. The van der Waals surface area contributed by atoms with Crippen molar-refractivity contribution in [3.8, 4) is 0 Å². The molecule has 0 saturated heterocycles. The Morgan fingerprint density at radius 1 is 1.31 bits per heavy atom. The van der Waals surface area contributed by atoms with E-state index in [4.69, 9.17) is 0 Å². The normalized spacial score (nSPS) is 13.7. The molecule has 1 aromatic rings. The molecule has 0 heterocycles. The summed E-state index contributed by atoms with van der Waals surface area (Å²) in [5.74, 6) is 0.791. The first-order valence-electron chi connectivity index (χ1n) is 5.07. The number of thiol groups is 1. The third-order valence-electron chi connectivity index (χ3n) is 2.48. The average molecular weight is 259 g/mol. The fraction of sp³-hybridized carbons (Fsp3) is 0.455. The molecule has 1 N–H and O–H groups in total. The van der Waals surface area contributed by atoms with Gasteiger partial charge in [-0.2, -0.15) is 12.6 Å². The lowest BCUT2D eigenvalue weighted by atomic mass is 10.1. The van der Waals surface area contributed by atoms with Crippen molar-refractivity contribution in [1.82, 2.24) is 5.32 Å². The highest BCUT2D eigenvalue weighted by molar-refractivity contribution is 7.90. The zero-order valence-electron chi connectivity index (χ0n) is 9.47. The predicted molar refractivity (Wildman–Crippen MR) is 69.8 cm³/mol. The summed E-state index contributed by atoms with van der Waals surface area (Å²) in [5, 5.41) is 3.18. The number of sulfone groups is 1. The fourth-order valence-corrected chi connectivity index (χ4v) is 2.44. The Balaban J connectivity index is 2.93. The first-order valence-corrected chi connectivity index (χ1v) is 7.59. The molecule has 5 heteroatoms. The van der Waals surface area contributed by atoms with Crippen LogP contribution in [-0.4, -0.2) is 27.5 Å². The predicted octanol–water partition coefficient (Wildman–Crippen LogP) is 1.67. The maximum Gasteiger partial charge on any atom is 0.175 e. The van der Waals surface area contributed by atoms with Gasteiger partial charge in [-0.1, -0.05) is 12.1 Å². The SMILES string of the molecule is CNC(CCS)c1ccc(S(C)(=O)=O)cc1. The Bertz CT molecular complexity index is 426. The molecule has 90 valence electrons. The molecule has 0 bridgehead atoms. The van der Waals surface area contributed by atoms with E-state index in [1.54, 1.807) is 12.1 Å². The Morgan fingerprint density at radius 2 is 1.88 bits per heavy atom. The van der Waals surface area contributed by atoms with E-state index >= 15 is 0 Å². The molecule has 16 heavy (non-hydrogen) atoms. The summed E-state index contributed by atoms with van der Waals surface area (Å²) in [6, 6.07) is 7.22. The lowest BCUT2D eigenvalue weighted by molar-refractivity contribution is 0.580. The van der Waals surface area contributed by atoms with Crippen LogP contribution in [0.15, 0.2) is 29.2 Å². The average Bonchev–Trinajstić information content (AvgIpc) is 2.25. The monoisotopic (exact) mass is 259 g/mol. The first-order chi connectivity index (χ1) is 7.49. The molecule has 0 radical (unpaired) electrons. The molecule has 0 aliphatic rings. The smallest absolute Gasteiger partial charge is 0.175 e. The number of benzene rings is 1. The summed E-state index contributed by atoms with van der Waals surface area (Å²) in [5.41, 5.74) is 1.09. The molecule has 1 unspecified atom stereocenters. The molecule has 0 amide bonds. The number of nitrogens with one attached hydrogen (secondary N) is 1. The molecule has 1 atom stereocenters. The van der Waals surface area contributed by atoms with E-state index in [9.17, 15) is 8.42 Å². The van der Waals surface area contributed by atoms with Gasteiger partial charge in [-0.15, -0.1) is 0 Å². The van der Waals surface area contributed by atoms with E-state index in [1.165, 1.54) is 6.26 Å². The molecule has 0 saturated carbocycles. The quantitative estimate of drug-likeness (QED) is 0.791. The third kappa shape index (κ3) is 3.50. The van der Waals surface area contributed by atoms with Crippen molar-refractivity contribution >= 4 is 22.5 Å². The van der Waals surface area contributed by atoms with E-state index in [0.717, 1.165) is 17.7 Å². The molecule has 1 rings (SSSR count). The topological polar surface area (TPSA) is 46.2 Å². The largest absolute Gasteiger partial charge is 0.313 e. The van der Waals surface area contributed by atoms with Crippen molar-refractivity contribution in [2.24, 2.45) is 0 Å². The van der Waals surface area contributed by atoms with E-state index in [-0.39, 0.29) is 6.04 Å². The van der Waals surface area contributed by atoms with Crippen LogP contribution < -0.4 is 5.32 Å². The number of hydrogen-bond donors (Lipinski definition) is 2. The maximum absolute atomic E-state index is 11.3. The van der Waals surface area contributed by atoms with E-state index in [2.05, 4.69) is 17.9 Å². The van der Waals surface area contributed by atoms with Gasteiger partial charge in [0, 0.05) is 12.3 Å². The molecular formula is C11H17NO2S2. The van der Waals surface area contributed by atoms with E-state index in [1.807, 2.05) is 19.2 Å². The third-order valence-corrected chi connectivity index (χ3v) is 3.86. The van der Waals surface area contributed by atoms with Crippen LogP contribution in [0.4, 0.5) is 0 Å². The van der Waals surface area contributed by atoms with Gasteiger partial charge < -0.3 is 5.32 Å². The van der Waals surface area contributed by atoms with Crippen molar-refractivity contribution < 1.29 is 8.42 Å². The summed E-state index contributed by atoms with van der Waals surface area (Å²) in [7, 11) is -1.21. The van der Waals surface area contributed by atoms with Crippen LogP contribution in [0.3, 0.4) is 0 Å². The Labute approximate surface area is 103 Å². The Hall–Kier alpha value is -0.520. The van der Waals surface area contributed by atoms with Crippen molar-refractivity contribution in [2.75, 3.05) is 19.1 Å². The van der Waals surface area contributed by atoms with E-state index < -0.39 is 9.84 Å². The van der Waals surface area contributed by atoms with Crippen LogP contribution in [-0.2, 0) is 9.84 Å². The molecule has 0 aliphatic carbocycles. The Kier molecular flexibility index (Phi) is 4.83. The van der Waals surface area contributed by atoms with Gasteiger partial charge in [-0.25, -0.2) is 8.42 Å². The van der Waals surface area contributed by atoms with Crippen LogP contribution in [0.25, 0.3) is 0 Å². The molecule has 0 aromatic heterocycles. The van der Waals surface area contributed by atoms with Crippen LogP contribution >= 0.6 is 12.6 Å². The standard InChI is InChI=1S/C11H17NO2S2/c1-12-11(7-8-15)9-3-5-10(6-4-9)16(2,13)14/h3-6,11-12,15H,7-8H2,1-2H3. The number of hydrogen-bond acceptors (Lipinski definition) is 4. The maximum atomic E-state index is 11.3. The van der Waals surface area contributed by atoms with Crippen molar-refractivity contribution in [2.45, 2.75) is 17.4 Å². The molecule has 1 aromatic carbocycles. The summed E-state index contributed by atoms with van der Waals surface area (Å²) in [6.07, 6.45) is 2.13. The van der Waals surface area contributed by atoms with Gasteiger partial charge in [0.15, 0.2) is 9.84 Å². The van der Waals surface area contributed by atoms with Gasteiger partial charge in [0.1, 0.15) is 0 Å². The highest BCUT2D eigenvalue weighted by atomic mass is 32.2. The zero-order valence-corrected chi connectivity index (χ0v) is 11.2. The van der Waals surface area contributed by atoms with Crippen LogP contribution in [0, 0.1) is 0 Å². The van der Waals surface area contributed by atoms with Crippen LogP contribution in [0.2, 0.25) is 0 Å². The van der Waals surface area contributed by atoms with E-state index in [0.29, 0.717) is 4.90 Å². The molecule has 0 fully saturated rings. The lowest BCUT2D eigenvalue weighted by Crippen LogP contribution is -2.16. The zero-order chi connectivity index (χ0) is 12.2. The summed E-state index contributed by atoms with van der Waals surface area (Å²) >= 11 is 4.19. The van der Waals surface area contributed by atoms with Crippen molar-refractivity contribution in [3.05, 3.63) is 29.8 Å². The van der Waals surface area contributed by atoms with Gasteiger partial charge in [0.2, 0.25) is 0 Å². The van der Waals surface area contributed by atoms with Gasteiger partial charge in [-0.05, 0) is 36.9 Å². The van der Waals surface area contributed by atoms with Gasteiger partial charge in [0.25, 0.3) is 0 Å². The van der Waals surface area contributed by atoms with Crippen LogP contribution in [0.1, 0.15) is 18.0 Å². The molecule has 3 nitrogen and oxygen atoms in total. The molecule has 0 aliphatic heterocycles. The summed E-state index contributed by atoms with van der Waals surface area (Å²) < 4.78 is 22.6. The van der Waals surface area contributed by atoms with Gasteiger partial charge in [0.05, 0.1) is 4.90 Å². The minimum atomic E-state index is -3.10. The van der Waals surface area contributed by atoms with Crippen LogP contribution in [0.5, 0.6) is 0 Å². The van der Waals surface area contributed by atoms with Gasteiger partial charge >= 0.3 is 0 Å². The highest BCUT2D eigenvalue weighted by Gasteiger charge is 2.10. The highest BCUT2D eigenvalue weighted by Crippen LogP contribution is 2.19. The Morgan fingerprint density at radius 3 is 2.25 bits per heavy atom. The number of rotatable bonds is 5. The van der Waals surface area contributed by atoms with Crippen molar-refractivity contribution in [1.29, 1.82) is 0 Å². The summed E-state index contributed by atoms with van der Waals surface area (Å²) in [6.45, 7) is 0. The summed E-state index contributed by atoms with van der Waals surface area (Å²) in [4.78, 5) is 0.358. The van der Waals surface area contributed by atoms with Gasteiger partial charge in [-0.3, -0.25) is 0 Å². The second kappa shape index (κ2) is 5.70. The first kappa shape index (κ1) is 13.5. The fourth-order valence-electron chi connectivity index (χ4n) is 1.55. The molecule has 0 spiro atoms. The lowest BCUT2D eigenvalue weighted by Gasteiger charge is -2.15. The minimum Gasteiger partial charge on any atom is -0.313 e. The second-order valence-corrected chi connectivity index (χ2v) is 6.16. The second-order valence-electron chi connectivity index (χ2n) is 3.69. The minimum absolute atomic E-state index is 0.228.